The molecule has 0 spiro atoms. The Kier molecular flexibility index (Phi) is 6.95. The lowest BCUT2D eigenvalue weighted by atomic mass is 9.91. The molecule has 1 aliphatic heterocycles. The number of likely N-dealkylation sites (tertiary alicyclic amines) is 1. The van der Waals surface area contributed by atoms with Crippen LogP contribution in [0.4, 0.5) is 4.39 Å². The van der Waals surface area contributed by atoms with Crippen molar-refractivity contribution in [3.63, 3.8) is 0 Å². The fourth-order valence-corrected chi connectivity index (χ4v) is 5.78. The minimum atomic E-state index is -3.54. The van der Waals surface area contributed by atoms with Crippen molar-refractivity contribution < 1.29 is 17.3 Å². The number of hydrogen-bond donors (Lipinski definition) is 1. The van der Waals surface area contributed by atoms with Crippen LogP contribution >= 0.6 is 0 Å². The van der Waals surface area contributed by atoms with Crippen molar-refractivity contribution in [1.82, 2.24) is 14.8 Å². The van der Waals surface area contributed by atoms with E-state index in [0.717, 1.165) is 61.1 Å². The van der Waals surface area contributed by atoms with Gasteiger partial charge in [0.1, 0.15) is 5.82 Å². The van der Waals surface area contributed by atoms with E-state index in [-0.39, 0.29) is 16.6 Å². The van der Waals surface area contributed by atoms with Crippen molar-refractivity contribution >= 4 is 21.0 Å². The topological polar surface area (TPSA) is 75.4 Å². The Morgan fingerprint density at radius 1 is 0.971 bits per heavy atom. The molecular formula is C27H28FN3O3S. The van der Waals surface area contributed by atoms with Gasteiger partial charge >= 0.3 is 0 Å². The maximum atomic E-state index is 13.4. The summed E-state index contributed by atoms with van der Waals surface area (Å²) in [4.78, 5) is 2.62. The third-order valence-electron chi connectivity index (χ3n) is 6.65. The Hall–Kier alpha value is -3.07. The molecule has 0 radical (unpaired) electrons. The second kappa shape index (κ2) is 10.3. The molecule has 0 saturated carbocycles. The first-order valence-electron chi connectivity index (χ1n) is 11.9. The largest absolute Gasteiger partial charge is 0.356 e. The van der Waals surface area contributed by atoms with Crippen molar-refractivity contribution in [2.24, 2.45) is 0 Å². The molecule has 0 bridgehead atoms. The predicted molar refractivity (Wildman–Crippen MR) is 134 cm³/mol. The van der Waals surface area contributed by atoms with Crippen LogP contribution in [0.5, 0.6) is 0 Å². The number of fused-ring (bicyclic) bond motifs is 1. The van der Waals surface area contributed by atoms with Gasteiger partial charge in [0.15, 0.2) is 5.58 Å². The first-order chi connectivity index (χ1) is 17.0. The van der Waals surface area contributed by atoms with Crippen LogP contribution in [0.15, 0.2) is 82.2 Å². The van der Waals surface area contributed by atoms with Gasteiger partial charge in [0.2, 0.25) is 10.0 Å². The highest BCUT2D eigenvalue weighted by Crippen LogP contribution is 2.32. The molecule has 1 aliphatic rings. The Morgan fingerprint density at radius 2 is 1.69 bits per heavy atom. The Balaban J connectivity index is 1.08. The van der Waals surface area contributed by atoms with Crippen LogP contribution in [-0.4, -0.2) is 44.7 Å². The first-order valence-corrected chi connectivity index (χ1v) is 13.4. The molecular weight excluding hydrogens is 465 g/mol. The molecule has 6 nitrogen and oxygen atoms in total. The summed E-state index contributed by atoms with van der Waals surface area (Å²) in [6.07, 6.45) is 2.62. The number of sulfonamides is 1. The zero-order valence-corrected chi connectivity index (χ0v) is 20.2. The normalized spacial score (nSPS) is 15.6. The highest BCUT2D eigenvalue weighted by Gasteiger charge is 2.25. The summed E-state index contributed by atoms with van der Waals surface area (Å²) in [5.74, 6) is -0.0369. The average Bonchev–Trinajstić information content (AvgIpc) is 3.30. The van der Waals surface area contributed by atoms with Crippen LogP contribution in [0.2, 0.25) is 0 Å². The Labute approximate surface area is 204 Å². The van der Waals surface area contributed by atoms with E-state index < -0.39 is 10.0 Å². The molecule has 1 fully saturated rings. The van der Waals surface area contributed by atoms with E-state index in [1.54, 1.807) is 18.2 Å². The van der Waals surface area contributed by atoms with Gasteiger partial charge in [0.25, 0.3) is 0 Å². The fraction of sp³-hybridized carbons (Fsp3) is 0.296. The van der Waals surface area contributed by atoms with E-state index in [9.17, 15) is 12.8 Å². The van der Waals surface area contributed by atoms with Gasteiger partial charge in [-0.05, 0) is 74.3 Å². The smallest absolute Gasteiger partial charge is 0.240 e. The molecule has 4 aromatic rings. The minimum absolute atomic E-state index is 0.276. The van der Waals surface area contributed by atoms with Crippen molar-refractivity contribution in [3.8, 4) is 11.1 Å². The second-order valence-corrected chi connectivity index (χ2v) is 10.7. The number of nitrogens with one attached hydrogen (secondary N) is 1. The number of rotatable bonds is 8. The zero-order chi connectivity index (χ0) is 24.3. The van der Waals surface area contributed by atoms with Gasteiger partial charge in [-0.2, -0.15) is 0 Å². The second-order valence-electron chi connectivity index (χ2n) is 8.97. The number of hydrogen-bond acceptors (Lipinski definition) is 5. The summed E-state index contributed by atoms with van der Waals surface area (Å²) in [5, 5.41) is 5.09. The number of piperidine rings is 1. The molecule has 5 rings (SSSR count). The molecule has 1 saturated heterocycles. The van der Waals surface area contributed by atoms with Crippen LogP contribution in [0, 0.1) is 5.82 Å². The highest BCUT2D eigenvalue weighted by atomic mass is 32.2. The fourth-order valence-electron chi connectivity index (χ4n) is 4.70. The standard InChI is InChI=1S/C27H28FN3O3S/c28-23-9-12-25-26(19-23)34-30-27(25)22-13-17-31(18-14-22)16-4-15-29-35(32,33)24-10-7-21(8-11-24)20-5-2-1-3-6-20/h1-3,5-12,19,22,29H,4,13-18H2. The molecule has 3 aromatic carbocycles. The third-order valence-corrected chi connectivity index (χ3v) is 8.13. The average molecular weight is 494 g/mol. The summed E-state index contributed by atoms with van der Waals surface area (Å²) in [5.41, 5.74) is 3.44. The lowest BCUT2D eigenvalue weighted by Crippen LogP contribution is -2.35. The van der Waals surface area contributed by atoms with Crippen LogP contribution in [0.3, 0.4) is 0 Å². The number of nitrogens with zero attached hydrogens (tertiary/aromatic N) is 2. The van der Waals surface area contributed by atoms with E-state index in [0.29, 0.717) is 12.1 Å². The molecule has 0 amide bonds. The third kappa shape index (κ3) is 5.45. The SMILES string of the molecule is O=S(=O)(NCCCN1CCC(c2noc3cc(F)ccc23)CC1)c1ccc(-c2ccccc2)cc1. The molecule has 2 heterocycles. The number of aromatic nitrogens is 1. The van der Waals surface area contributed by atoms with Crippen LogP contribution < -0.4 is 4.72 Å². The maximum Gasteiger partial charge on any atom is 0.240 e. The summed E-state index contributed by atoms with van der Waals surface area (Å²) < 4.78 is 46.8. The molecule has 35 heavy (non-hydrogen) atoms. The van der Waals surface area contributed by atoms with Gasteiger partial charge in [-0.1, -0.05) is 47.6 Å². The summed E-state index contributed by atoms with van der Waals surface area (Å²) in [7, 11) is -3.54. The van der Waals surface area contributed by atoms with Crippen molar-refractivity contribution in [2.45, 2.75) is 30.1 Å². The molecule has 0 aliphatic carbocycles. The quantitative estimate of drug-likeness (QED) is 0.342. The van der Waals surface area contributed by atoms with Gasteiger partial charge < -0.3 is 9.42 Å². The lowest BCUT2D eigenvalue weighted by Gasteiger charge is -2.31. The van der Waals surface area contributed by atoms with E-state index in [1.807, 2.05) is 42.5 Å². The van der Waals surface area contributed by atoms with E-state index in [4.69, 9.17) is 4.52 Å². The predicted octanol–water partition coefficient (Wildman–Crippen LogP) is 5.18. The van der Waals surface area contributed by atoms with Crippen molar-refractivity contribution in [2.75, 3.05) is 26.2 Å². The van der Waals surface area contributed by atoms with Gasteiger partial charge in [-0.3, -0.25) is 0 Å². The summed E-state index contributed by atoms with van der Waals surface area (Å²) in [6.45, 7) is 3.04. The molecule has 1 aromatic heterocycles. The highest BCUT2D eigenvalue weighted by molar-refractivity contribution is 7.89. The minimum Gasteiger partial charge on any atom is -0.356 e. The van der Waals surface area contributed by atoms with Crippen molar-refractivity contribution in [3.05, 3.63) is 84.3 Å². The molecule has 8 heteroatoms. The monoisotopic (exact) mass is 493 g/mol. The molecule has 0 atom stereocenters. The summed E-state index contributed by atoms with van der Waals surface area (Å²) >= 11 is 0. The van der Waals surface area contributed by atoms with Gasteiger partial charge in [-0.15, -0.1) is 0 Å². The molecule has 1 N–H and O–H groups in total. The van der Waals surface area contributed by atoms with E-state index >= 15 is 0 Å². The van der Waals surface area contributed by atoms with Gasteiger partial charge in [0.05, 0.1) is 10.6 Å². The van der Waals surface area contributed by atoms with Gasteiger partial charge in [0, 0.05) is 23.9 Å². The van der Waals surface area contributed by atoms with Crippen LogP contribution in [0.25, 0.3) is 22.1 Å². The van der Waals surface area contributed by atoms with E-state index in [1.165, 1.54) is 12.1 Å². The van der Waals surface area contributed by atoms with Crippen LogP contribution in [-0.2, 0) is 10.0 Å². The Morgan fingerprint density at radius 3 is 2.43 bits per heavy atom. The number of halogens is 1. The molecule has 182 valence electrons. The first kappa shape index (κ1) is 23.7. The maximum absolute atomic E-state index is 13.4. The van der Waals surface area contributed by atoms with Crippen LogP contribution in [0.1, 0.15) is 30.9 Å². The Bertz CT molecular complexity index is 1380. The van der Waals surface area contributed by atoms with Gasteiger partial charge in [-0.25, -0.2) is 17.5 Å². The molecule has 0 unspecified atom stereocenters. The number of benzene rings is 3. The van der Waals surface area contributed by atoms with Crippen molar-refractivity contribution in [1.29, 1.82) is 0 Å². The zero-order valence-electron chi connectivity index (χ0n) is 19.4. The van der Waals surface area contributed by atoms with E-state index in [2.05, 4.69) is 14.8 Å². The lowest BCUT2D eigenvalue weighted by molar-refractivity contribution is 0.208. The summed E-state index contributed by atoms with van der Waals surface area (Å²) in [6, 6.07) is 21.4.